The molecule has 0 spiro atoms. The van der Waals surface area contributed by atoms with Gasteiger partial charge in [-0.1, -0.05) is 31.0 Å². The molecule has 1 amide bonds. The number of rotatable bonds is 5. The fourth-order valence-electron chi connectivity index (χ4n) is 4.13. The minimum Gasteiger partial charge on any atom is -0.353 e. The average molecular weight is 378 g/mol. The number of carbonyl (C=O) groups excluding carboxylic acids is 1. The van der Waals surface area contributed by atoms with Crippen LogP contribution in [0.4, 0.5) is 0 Å². The summed E-state index contributed by atoms with van der Waals surface area (Å²) in [4.78, 5) is 29.9. The average Bonchev–Trinajstić information content (AvgIpc) is 3.29. The maximum Gasteiger partial charge on any atom is 0.263 e. The van der Waals surface area contributed by atoms with E-state index in [2.05, 4.69) is 10.3 Å². The number of aryl methyl sites for hydroxylation is 2. The van der Waals surface area contributed by atoms with E-state index in [0.29, 0.717) is 30.0 Å². The summed E-state index contributed by atoms with van der Waals surface area (Å²) in [5.74, 6) is 0.00801. The van der Waals surface area contributed by atoms with Crippen molar-refractivity contribution in [2.24, 2.45) is 0 Å². The van der Waals surface area contributed by atoms with Gasteiger partial charge in [0.2, 0.25) is 5.91 Å². The van der Waals surface area contributed by atoms with E-state index in [0.717, 1.165) is 29.8 Å². The Balaban J connectivity index is 1.61. The summed E-state index contributed by atoms with van der Waals surface area (Å²) in [5, 5.41) is 3.70. The molecule has 0 saturated heterocycles. The first-order valence-electron chi connectivity index (χ1n) is 9.98. The van der Waals surface area contributed by atoms with Crippen LogP contribution in [0.15, 0.2) is 41.5 Å². The minimum absolute atomic E-state index is 0.00801. The van der Waals surface area contributed by atoms with Crippen molar-refractivity contribution in [2.75, 3.05) is 0 Å². The number of carbonyl (C=O) groups is 1. The van der Waals surface area contributed by atoms with E-state index < -0.39 is 0 Å². The second kappa shape index (κ2) is 7.62. The fourth-order valence-corrected chi connectivity index (χ4v) is 4.13. The Kier molecular flexibility index (Phi) is 5.03. The van der Waals surface area contributed by atoms with Crippen molar-refractivity contribution in [2.45, 2.75) is 58.5 Å². The summed E-state index contributed by atoms with van der Waals surface area (Å²) in [6, 6.07) is 10.2. The predicted molar refractivity (Wildman–Crippen MR) is 110 cm³/mol. The molecule has 1 aromatic carbocycles. The van der Waals surface area contributed by atoms with Gasteiger partial charge in [0.25, 0.3) is 5.56 Å². The third-order valence-electron chi connectivity index (χ3n) is 5.80. The third kappa shape index (κ3) is 3.35. The Morgan fingerprint density at radius 2 is 1.89 bits per heavy atom. The topological polar surface area (TPSA) is 68.9 Å². The highest BCUT2D eigenvalue weighted by Crippen LogP contribution is 2.24. The van der Waals surface area contributed by atoms with E-state index in [-0.39, 0.29) is 11.5 Å². The van der Waals surface area contributed by atoms with Crippen LogP contribution in [0.25, 0.3) is 16.7 Å². The molecular formula is C22H26N4O2. The quantitative estimate of drug-likeness (QED) is 0.741. The lowest BCUT2D eigenvalue weighted by atomic mass is 10.2. The maximum atomic E-state index is 13.1. The highest BCUT2D eigenvalue weighted by molar-refractivity contribution is 5.83. The predicted octanol–water partition coefficient (Wildman–Crippen LogP) is 3.25. The molecule has 28 heavy (non-hydrogen) atoms. The largest absolute Gasteiger partial charge is 0.353 e. The Morgan fingerprint density at radius 3 is 2.61 bits per heavy atom. The zero-order chi connectivity index (χ0) is 19.7. The van der Waals surface area contributed by atoms with E-state index in [1.54, 1.807) is 10.9 Å². The standard InChI is InChI=1S/C22H26N4O2/c1-15-16(2)26(18-10-4-3-5-11-18)21-20(15)22(28)25(14-23-21)13-12-19(27)24-17-8-6-7-9-17/h3-5,10-11,14,17H,6-9,12-13H2,1-2H3,(H,24,27). The lowest BCUT2D eigenvalue weighted by molar-refractivity contribution is -0.122. The molecule has 0 unspecified atom stereocenters. The highest BCUT2D eigenvalue weighted by atomic mass is 16.2. The molecule has 0 atom stereocenters. The van der Waals surface area contributed by atoms with Gasteiger partial charge in [-0.3, -0.25) is 18.7 Å². The number of fused-ring (bicyclic) bond motifs is 1. The summed E-state index contributed by atoms with van der Waals surface area (Å²) < 4.78 is 3.57. The molecule has 6 nitrogen and oxygen atoms in total. The van der Waals surface area contributed by atoms with Gasteiger partial charge in [-0.05, 0) is 44.4 Å². The second-order valence-electron chi connectivity index (χ2n) is 7.62. The van der Waals surface area contributed by atoms with Crippen molar-refractivity contribution >= 4 is 16.9 Å². The smallest absolute Gasteiger partial charge is 0.263 e. The normalized spacial score (nSPS) is 14.6. The van der Waals surface area contributed by atoms with E-state index in [1.807, 2.05) is 48.7 Å². The lowest BCUT2D eigenvalue weighted by Crippen LogP contribution is -2.34. The van der Waals surface area contributed by atoms with Crippen molar-refractivity contribution in [3.8, 4) is 5.69 Å². The molecule has 1 saturated carbocycles. The number of benzene rings is 1. The van der Waals surface area contributed by atoms with Gasteiger partial charge < -0.3 is 5.32 Å². The van der Waals surface area contributed by atoms with Gasteiger partial charge in [-0.2, -0.15) is 0 Å². The maximum absolute atomic E-state index is 13.1. The molecule has 3 aromatic rings. The third-order valence-corrected chi connectivity index (χ3v) is 5.80. The molecular weight excluding hydrogens is 352 g/mol. The van der Waals surface area contributed by atoms with Gasteiger partial charge in [-0.15, -0.1) is 0 Å². The number of hydrogen-bond donors (Lipinski definition) is 1. The van der Waals surface area contributed by atoms with E-state index in [9.17, 15) is 9.59 Å². The number of aromatic nitrogens is 3. The highest BCUT2D eigenvalue weighted by Gasteiger charge is 2.19. The summed E-state index contributed by atoms with van der Waals surface area (Å²) in [5.41, 5.74) is 3.49. The van der Waals surface area contributed by atoms with Crippen LogP contribution in [0.2, 0.25) is 0 Å². The minimum atomic E-state index is -0.0889. The van der Waals surface area contributed by atoms with Gasteiger partial charge in [0.1, 0.15) is 0 Å². The monoisotopic (exact) mass is 378 g/mol. The van der Waals surface area contributed by atoms with Crippen molar-refractivity contribution < 1.29 is 4.79 Å². The molecule has 146 valence electrons. The van der Waals surface area contributed by atoms with Crippen LogP contribution in [0.1, 0.15) is 43.4 Å². The first-order valence-corrected chi connectivity index (χ1v) is 9.98. The second-order valence-corrected chi connectivity index (χ2v) is 7.62. The first kappa shape index (κ1) is 18.5. The van der Waals surface area contributed by atoms with Crippen molar-refractivity contribution in [3.63, 3.8) is 0 Å². The summed E-state index contributed by atoms with van der Waals surface area (Å²) in [6.45, 7) is 4.30. The van der Waals surface area contributed by atoms with Gasteiger partial charge in [-0.25, -0.2) is 4.98 Å². The van der Waals surface area contributed by atoms with Gasteiger partial charge >= 0.3 is 0 Å². The zero-order valence-electron chi connectivity index (χ0n) is 16.4. The Morgan fingerprint density at radius 1 is 1.18 bits per heavy atom. The number of nitrogens with zero attached hydrogens (tertiary/aromatic N) is 3. The van der Waals surface area contributed by atoms with Crippen molar-refractivity contribution in [3.05, 3.63) is 58.3 Å². The molecule has 0 radical (unpaired) electrons. The van der Waals surface area contributed by atoms with Crippen LogP contribution in [0.5, 0.6) is 0 Å². The fraction of sp³-hybridized carbons (Fsp3) is 0.409. The van der Waals surface area contributed by atoms with Crippen LogP contribution in [-0.4, -0.2) is 26.1 Å². The molecule has 1 aliphatic rings. The Labute approximate surface area is 164 Å². The molecule has 0 aliphatic heterocycles. The van der Waals surface area contributed by atoms with E-state index in [4.69, 9.17) is 0 Å². The Hall–Kier alpha value is -2.89. The number of hydrogen-bond acceptors (Lipinski definition) is 3. The van der Waals surface area contributed by atoms with Crippen molar-refractivity contribution in [1.82, 2.24) is 19.4 Å². The van der Waals surface area contributed by atoms with Crippen LogP contribution in [0, 0.1) is 13.8 Å². The molecule has 1 N–H and O–H groups in total. The van der Waals surface area contributed by atoms with E-state index in [1.165, 1.54) is 12.8 Å². The van der Waals surface area contributed by atoms with E-state index >= 15 is 0 Å². The molecule has 4 rings (SSSR count). The first-order chi connectivity index (χ1) is 13.6. The van der Waals surface area contributed by atoms with Crippen LogP contribution in [0.3, 0.4) is 0 Å². The van der Waals surface area contributed by atoms with Crippen LogP contribution < -0.4 is 10.9 Å². The molecule has 6 heteroatoms. The SMILES string of the molecule is Cc1c(C)n(-c2ccccc2)c2ncn(CCC(=O)NC3CCCC3)c(=O)c12. The van der Waals surface area contributed by atoms with Crippen LogP contribution >= 0.6 is 0 Å². The van der Waals surface area contributed by atoms with Gasteiger partial charge in [0, 0.05) is 30.4 Å². The van der Waals surface area contributed by atoms with Crippen LogP contribution in [-0.2, 0) is 11.3 Å². The molecule has 2 heterocycles. The number of para-hydroxylation sites is 1. The van der Waals surface area contributed by atoms with Gasteiger partial charge in [0.05, 0.1) is 11.7 Å². The number of nitrogens with one attached hydrogen (secondary N) is 1. The summed E-state index contributed by atoms with van der Waals surface area (Å²) >= 11 is 0. The molecule has 2 aromatic heterocycles. The summed E-state index contributed by atoms with van der Waals surface area (Å²) in [7, 11) is 0. The molecule has 1 aliphatic carbocycles. The van der Waals surface area contributed by atoms with Gasteiger partial charge in [0.15, 0.2) is 5.65 Å². The number of amides is 1. The summed E-state index contributed by atoms with van der Waals surface area (Å²) in [6.07, 6.45) is 6.34. The lowest BCUT2D eigenvalue weighted by Gasteiger charge is -2.12. The Bertz CT molecular complexity index is 1060. The molecule has 0 bridgehead atoms. The zero-order valence-corrected chi connectivity index (χ0v) is 16.4. The molecule has 1 fully saturated rings. The van der Waals surface area contributed by atoms with Crippen molar-refractivity contribution in [1.29, 1.82) is 0 Å².